The van der Waals surface area contributed by atoms with E-state index in [1.807, 2.05) is 12.1 Å². The van der Waals surface area contributed by atoms with Gasteiger partial charge in [0.2, 0.25) is 0 Å². The maximum atomic E-state index is 10.2. The lowest BCUT2D eigenvalue weighted by Crippen LogP contribution is -1.88. The fourth-order valence-electron chi connectivity index (χ4n) is 0.965. The molecule has 0 amide bonds. The van der Waals surface area contributed by atoms with Crippen LogP contribution >= 0.6 is 12.4 Å². The van der Waals surface area contributed by atoms with Crippen molar-refractivity contribution < 1.29 is 14.6 Å². The minimum absolute atomic E-state index is 0. The van der Waals surface area contributed by atoms with E-state index >= 15 is 0 Å². The molecular weight excluding hydrogens is 204 g/mol. The van der Waals surface area contributed by atoms with Crippen LogP contribution in [-0.2, 0) is 4.79 Å². The lowest BCUT2D eigenvalue weighted by molar-refractivity contribution is -0.131. The molecule has 0 aliphatic rings. The van der Waals surface area contributed by atoms with Crippen molar-refractivity contribution in [2.75, 3.05) is 7.11 Å². The van der Waals surface area contributed by atoms with Gasteiger partial charge >= 0.3 is 5.97 Å². The number of para-hydroxylation sites is 1. The third-order valence-electron chi connectivity index (χ3n) is 1.54. The first kappa shape index (κ1) is 12.5. The first-order valence-corrected chi connectivity index (χ1v) is 3.78. The van der Waals surface area contributed by atoms with Crippen molar-refractivity contribution in [2.24, 2.45) is 0 Å². The quantitative estimate of drug-likeness (QED) is 0.785. The van der Waals surface area contributed by atoms with Crippen molar-refractivity contribution in [3.05, 3.63) is 35.9 Å². The van der Waals surface area contributed by atoms with Crippen molar-refractivity contribution in [3.8, 4) is 5.75 Å². The third kappa shape index (κ3) is 3.49. The molecule has 3 nitrogen and oxygen atoms in total. The second-order valence-electron chi connectivity index (χ2n) is 2.41. The SMILES string of the molecule is COc1ccccc1/C=C/C(=O)O.Cl. The van der Waals surface area contributed by atoms with Gasteiger partial charge in [0.25, 0.3) is 0 Å². The van der Waals surface area contributed by atoms with Crippen LogP contribution in [0.5, 0.6) is 5.75 Å². The zero-order valence-electron chi connectivity index (χ0n) is 7.64. The minimum Gasteiger partial charge on any atom is -0.496 e. The van der Waals surface area contributed by atoms with Gasteiger partial charge in [-0.1, -0.05) is 18.2 Å². The predicted octanol–water partition coefficient (Wildman–Crippen LogP) is 2.21. The topological polar surface area (TPSA) is 46.5 Å². The Labute approximate surface area is 88.4 Å². The number of carbonyl (C=O) groups is 1. The molecule has 4 heteroatoms. The van der Waals surface area contributed by atoms with E-state index in [2.05, 4.69) is 0 Å². The number of benzene rings is 1. The highest BCUT2D eigenvalue weighted by atomic mass is 35.5. The van der Waals surface area contributed by atoms with Crippen molar-refractivity contribution in [2.45, 2.75) is 0 Å². The van der Waals surface area contributed by atoms with Crippen molar-refractivity contribution in [1.29, 1.82) is 0 Å². The number of hydrogen-bond acceptors (Lipinski definition) is 2. The molecule has 0 aromatic heterocycles. The second kappa shape index (κ2) is 6.05. The lowest BCUT2D eigenvalue weighted by atomic mass is 10.2. The lowest BCUT2D eigenvalue weighted by Gasteiger charge is -2.02. The summed E-state index contributed by atoms with van der Waals surface area (Å²) in [6, 6.07) is 7.22. The number of methoxy groups -OCH3 is 1. The van der Waals surface area contributed by atoms with Gasteiger partial charge in [-0.2, -0.15) is 0 Å². The number of carboxylic acid groups (broad SMARTS) is 1. The zero-order valence-corrected chi connectivity index (χ0v) is 8.45. The summed E-state index contributed by atoms with van der Waals surface area (Å²) in [4.78, 5) is 10.2. The Morgan fingerprint density at radius 2 is 2.07 bits per heavy atom. The van der Waals surface area contributed by atoms with E-state index in [0.717, 1.165) is 11.6 Å². The molecule has 0 radical (unpaired) electrons. The van der Waals surface area contributed by atoms with Gasteiger partial charge in [0, 0.05) is 11.6 Å². The Bertz CT molecular complexity index is 334. The van der Waals surface area contributed by atoms with Crippen LogP contribution < -0.4 is 4.74 Å². The Morgan fingerprint density at radius 1 is 1.43 bits per heavy atom. The van der Waals surface area contributed by atoms with E-state index in [1.165, 1.54) is 6.08 Å². The van der Waals surface area contributed by atoms with Gasteiger partial charge in [-0.05, 0) is 12.1 Å². The number of aliphatic carboxylic acids is 1. The molecule has 0 fully saturated rings. The summed E-state index contributed by atoms with van der Waals surface area (Å²) in [6.45, 7) is 0. The fourth-order valence-corrected chi connectivity index (χ4v) is 0.965. The van der Waals surface area contributed by atoms with Crippen LogP contribution in [-0.4, -0.2) is 18.2 Å². The molecule has 0 bridgehead atoms. The van der Waals surface area contributed by atoms with Crippen LogP contribution in [0.25, 0.3) is 6.08 Å². The molecule has 1 rings (SSSR count). The molecule has 0 spiro atoms. The van der Waals surface area contributed by atoms with Gasteiger partial charge in [0.1, 0.15) is 5.75 Å². The Kier molecular flexibility index (Phi) is 5.41. The molecule has 0 aliphatic carbocycles. The van der Waals surface area contributed by atoms with Crippen LogP contribution in [0.4, 0.5) is 0 Å². The van der Waals surface area contributed by atoms with E-state index in [0.29, 0.717) is 5.75 Å². The highest BCUT2D eigenvalue weighted by molar-refractivity contribution is 5.86. The second-order valence-corrected chi connectivity index (χ2v) is 2.41. The molecule has 76 valence electrons. The molecule has 0 atom stereocenters. The largest absolute Gasteiger partial charge is 0.496 e. The maximum Gasteiger partial charge on any atom is 0.328 e. The smallest absolute Gasteiger partial charge is 0.328 e. The van der Waals surface area contributed by atoms with E-state index in [9.17, 15) is 4.79 Å². The molecule has 1 aromatic carbocycles. The highest BCUT2D eigenvalue weighted by Crippen LogP contribution is 2.18. The summed E-state index contributed by atoms with van der Waals surface area (Å²) in [5.41, 5.74) is 0.757. The summed E-state index contributed by atoms with van der Waals surface area (Å²) in [6.07, 6.45) is 2.58. The predicted molar refractivity (Wildman–Crippen MR) is 56.9 cm³/mol. The minimum atomic E-state index is -0.967. The van der Waals surface area contributed by atoms with Gasteiger partial charge in [0.15, 0.2) is 0 Å². The van der Waals surface area contributed by atoms with Crippen molar-refractivity contribution in [3.63, 3.8) is 0 Å². The van der Waals surface area contributed by atoms with Gasteiger partial charge in [-0.15, -0.1) is 12.4 Å². The van der Waals surface area contributed by atoms with E-state index in [1.54, 1.807) is 19.2 Å². The van der Waals surface area contributed by atoms with Crippen LogP contribution in [0.2, 0.25) is 0 Å². The van der Waals surface area contributed by atoms with Crippen LogP contribution in [0.15, 0.2) is 30.3 Å². The molecule has 0 saturated carbocycles. The first-order chi connectivity index (χ1) is 6.24. The summed E-state index contributed by atoms with van der Waals surface area (Å²) >= 11 is 0. The van der Waals surface area contributed by atoms with Crippen molar-refractivity contribution >= 4 is 24.5 Å². The third-order valence-corrected chi connectivity index (χ3v) is 1.54. The van der Waals surface area contributed by atoms with E-state index in [4.69, 9.17) is 9.84 Å². The number of rotatable bonds is 3. The Morgan fingerprint density at radius 3 is 2.64 bits per heavy atom. The number of carboxylic acids is 1. The molecule has 0 saturated heterocycles. The average Bonchev–Trinajstić information content (AvgIpc) is 2.15. The summed E-state index contributed by atoms with van der Waals surface area (Å²) in [5.74, 6) is -0.300. The van der Waals surface area contributed by atoms with Gasteiger partial charge in [-0.25, -0.2) is 4.79 Å². The molecular formula is C10H11ClO3. The number of hydrogen-bond donors (Lipinski definition) is 1. The average molecular weight is 215 g/mol. The molecule has 0 unspecified atom stereocenters. The fraction of sp³-hybridized carbons (Fsp3) is 0.100. The van der Waals surface area contributed by atoms with Crippen LogP contribution in [0.1, 0.15) is 5.56 Å². The first-order valence-electron chi connectivity index (χ1n) is 3.78. The summed E-state index contributed by atoms with van der Waals surface area (Å²) in [5, 5.41) is 8.41. The van der Waals surface area contributed by atoms with Crippen LogP contribution in [0.3, 0.4) is 0 Å². The number of halogens is 1. The maximum absolute atomic E-state index is 10.2. The summed E-state index contributed by atoms with van der Waals surface area (Å²) < 4.78 is 5.03. The highest BCUT2D eigenvalue weighted by Gasteiger charge is 1.96. The van der Waals surface area contributed by atoms with Crippen molar-refractivity contribution in [1.82, 2.24) is 0 Å². The van der Waals surface area contributed by atoms with Gasteiger partial charge < -0.3 is 9.84 Å². The van der Waals surface area contributed by atoms with Gasteiger partial charge in [0.05, 0.1) is 7.11 Å². The molecule has 1 aromatic rings. The molecule has 14 heavy (non-hydrogen) atoms. The van der Waals surface area contributed by atoms with Crippen LogP contribution in [0, 0.1) is 0 Å². The molecule has 1 N–H and O–H groups in total. The standard InChI is InChI=1S/C10H10O3.ClH/c1-13-9-5-3-2-4-8(9)6-7-10(11)12;/h2-7H,1H3,(H,11,12);1H/b7-6+;. The summed E-state index contributed by atoms with van der Waals surface area (Å²) in [7, 11) is 1.55. The zero-order chi connectivity index (χ0) is 9.68. The van der Waals surface area contributed by atoms with Gasteiger partial charge in [-0.3, -0.25) is 0 Å². The van der Waals surface area contributed by atoms with E-state index in [-0.39, 0.29) is 12.4 Å². The monoisotopic (exact) mass is 214 g/mol. The molecule has 0 heterocycles. The Hall–Kier alpha value is -1.48. The molecule has 0 aliphatic heterocycles. The Balaban J connectivity index is 0.00000169. The van der Waals surface area contributed by atoms with E-state index < -0.39 is 5.97 Å². The number of ether oxygens (including phenoxy) is 1. The normalized spacial score (nSPS) is 9.50.